The molecule has 1 heterocycles. The molecule has 2 atom stereocenters. The third kappa shape index (κ3) is 3.95. The summed E-state index contributed by atoms with van der Waals surface area (Å²) in [6.45, 7) is 12.8. The zero-order valence-corrected chi connectivity index (χ0v) is 14.7. The SMILES string of the molecule is CCCOc1cccc2c1C(NCC(C)C)CC(C)(CC)O2. The standard InChI is InChI=1S/C19H31NO2/c1-6-11-21-16-9-8-10-17-18(16)15(20-13-14(3)4)12-19(5,7-2)22-17/h8-10,14-15,20H,6-7,11-13H2,1-5H3. The Bertz CT molecular complexity index is 486. The minimum atomic E-state index is -0.106. The normalized spacial score (nSPS) is 24.0. The van der Waals surface area contributed by atoms with E-state index in [2.05, 4.69) is 52.1 Å². The molecule has 2 unspecified atom stereocenters. The van der Waals surface area contributed by atoms with Crippen molar-refractivity contribution < 1.29 is 9.47 Å². The highest BCUT2D eigenvalue weighted by atomic mass is 16.5. The van der Waals surface area contributed by atoms with Crippen LogP contribution in [0.25, 0.3) is 0 Å². The summed E-state index contributed by atoms with van der Waals surface area (Å²) in [5.74, 6) is 2.58. The maximum Gasteiger partial charge on any atom is 0.128 e. The summed E-state index contributed by atoms with van der Waals surface area (Å²) in [7, 11) is 0. The largest absolute Gasteiger partial charge is 0.493 e. The molecular formula is C19H31NO2. The van der Waals surface area contributed by atoms with E-state index in [-0.39, 0.29) is 5.60 Å². The van der Waals surface area contributed by atoms with Crippen LogP contribution in [0.2, 0.25) is 0 Å². The zero-order valence-electron chi connectivity index (χ0n) is 14.7. The van der Waals surface area contributed by atoms with Gasteiger partial charge in [-0.05, 0) is 44.4 Å². The average molecular weight is 305 g/mol. The van der Waals surface area contributed by atoms with E-state index in [1.54, 1.807) is 0 Å². The quantitative estimate of drug-likeness (QED) is 0.791. The van der Waals surface area contributed by atoms with Crippen molar-refractivity contribution in [2.24, 2.45) is 5.92 Å². The van der Waals surface area contributed by atoms with Gasteiger partial charge in [-0.1, -0.05) is 33.8 Å². The lowest BCUT2D eigenvalue weighted by Gasteiger charge is -2.40. The van der Waals surface area contributed by atoms with E-state index in [1.165, 1.54) is 5.56 Å². The second-order valence-electron chi connectivity index (χ2n) is 6.98. The summed E-state index contributed by atoms with van der Waals surface area (Å²) in [4.78, 5) is 0. The summed E-state index contributed by atoms with van der Waals surface area (Å²) < 4.78 is 12.3. The lowest BCUT2D eigenvalue weighted by Crippen LogP contribution is -2.42. The van der Waals surface area contributed by atoms with Gasteiger partial charge in [-0.3, -0.25) is 0 Å². The van der Waals surface area contributed by atoms with Gasteiger partial charge < -0.3 is 14.8 Å². The molecule has 0 fully saturated rings. The number of nitrogens with one attached hydrogen (secondary N) is 1. The van der Waals surface area contributed by atoms with Crippen LogP contribution in [0, 0.1) is 5.92 Å². The second kappa shape index (κ2) is 7.36. The highest BCUT2D eigenvalue weighted by Gasteiger charge is 2.37. The Balaban J connectivity index is 2.32. The highest BCUT2D eigenvalue weighted by molar-refractivity contribution is 5.49. The van der Waals surface area contributed by atoms with E-state index < -0.39 is 0 Å². The summed E-state index contributed by atoms with van der Waals surface area (Å²) in [6.07, 6.45) is 3.00. The number of rotatable bonds is 7. The molecule has 124 valence electrons. The topological polar surface area (TPSA) is 30.5 Å². The Morgan fingerprint density at radius 1 is 1.36 bits per heavy atom. The highest BCUT2D eigenvalue weighted by Crippen LogP contribution is 2.45. The first-order valence-corrected chi connectivity index (χ1v) is 8.67. The summed E-state index contributed by atoms with van der Waals surface area (Å²) >= 11 is 0. The molecule has 0 radical (unpaired) electrons. The van der Waals surface area contributed by atoms with Gasteiger partial charge in [0.15, 0.2) is 0 Å². The molecule has 0 spiro atoms. The van der Waals surface area contributed by atoms with Crippen molar-refractivity contribution in [1.82, 2.24) is 5.32 Å². The van der Waals surface area contributed by atoms with Crippen LogP contribution >= 0.6 is 0 Å². The Labute approximate surface area is 135 Å². The Morgan fingerprint density at radius 3 is 2.77 bits per heavy atom. The van der Waals surface area contributed by atoms with Crippen molar-refractivity contribution in [1.29, 1.82) is 0 Å². The number of hydrogen-bond acceptors (Lipinski definition) is 3. The smallest absolute Gasteiger partial charge is 0.128 e. The van der Waals surface area contributed by atoms with Crippen LogP contribution in [0.3, 0.4) is 0 Å². The van der Waals surface area contributed by atoms with Crippen molar-refractivity contribution in [2.75, 3.05) is 13.2 Å². The molecule has 1 aromatic carbocycles. The molecule has 0 bridgehead atoms. The van der Waals surface area contributed by atoms with E-state index in [1.807, 2.05) is 6.07 Å². The van der Waals surface area contributed by atoms with Crippen LogP contribution in [0.4, 0.5) is 0 Å². The summed E-state index contributed by atoms with van der Waals surface area (Å²) in [5.41, 5.74) is 1.09. The van der Waals surface area contributed by atoms with E-state index in [0.29, 0.717) is 12.0 Å². The van der Waals surface area contributed by atoms with Gasteiger partial charge in [-0.25, -0.2) is 0 Å². The van der Waals surface area contributed by atoms with Gasteiger partial charge in [-0.15, -0.1) is 0 Å². The summed E-state index contributed by atoms with van der Waals surface area (Å²) in [6, 6.07) is 6.47. The number of hydrogen-bond donors (Lipinski definition) is 1. The van der Waals surface area contributed by atoms with E-state index in [0.717, 1.165) is 43.9 Å². The zero-order chi connectivity index (χ0) is 16.2. The number of ether oxygens (including phenoxy) is 2. The van der Waals surface area contributed by atoms with Crippen molar-refractivity contribution in [2.45, 2.75) is 65.5 Å². The van der Waals surface area contributed by atoms with Gasteiger partial charge in [0.05, 0.1) is 12.2 Å². The molecule has 0 aromatic heterocycles. The van der Waals surface area contributed by atoms with Gasteiger partial charge in [0, 0.05) is 12.5 Å². The first kappa shape index (κ1) is 17.1. The Hall–Kier alpha value is -1.22. The number of benzene rings is 1. The molecule has 1 aliphatic heterocycles. The molecule has 2 rings (SSSR count). The molecule has 22 heavy (non-hydrogen) atoms. The fourth-order valence-electron chi connectivity index (χ4n) is 2.90. The predicted octanol–water partition coefficient (Wildman–Crippen LogP) is 4.71. The Morgan fingerprint density at radius 2 is 2.14 bits per heavy atom. The molecule has 0 saturated heterocycles. The fourth-order valence-corrected chi connectivity index (χ4v) is 2.90. The lowest BCUT2D eigenvalue weighted by atomic mass is 9.86. The molecule has 3 nitrogen and oxygen atoms in total. The van der Waals surface area contributed by atoms with Crippen LogP contribution in [-0.2, 0) is 0 Å². The third-order valence-electron chi connectivity index (χ3n) is 4.35. The second-order valence-corrected chi connectivity index (χ2v) is 6.98. The molecule has 0 saturated carbocycles. The van der Waals surface area contributed by atoms with Crippen LogP contribution in [0.1, 0.15) is 65.5 Å². The van der Waals surface area contributed by atoms with Crippen LogP contribution in [-0.4, -0.2) is 18.8 Å². The fraction of sp³-hybridized carbons (Fsp3) is 0.684. The molecule has 3 heteroatoms. The van der Waals surface area contributed by atoms with Crippen molar-refractivity contribution in [3.63, 3.8) is 0 Å². The van der Waals surface area contributed by atoms with Crippen molar-refractivity contribution >= 4 is 0 Å². The van der Waals surface area contributed by atoms with Gasteiger partial charge in [0.1, 0.15) is 17.1 Å². The Kier molecular flexibility index (Phi) is 5.74. The molecule has 0 aliphatic carbocycles. The monoisotopic (exact) mass is 305 g/mol. The first-order valence-electron chi connectivity index (χ1n) is 8.67. The van der Waals surface area contributed by atoms with E-state index in [4.69, 9.17) is 9.47 Å². The minimum Gasteiger partial charge on any atom is -0.493 e. The van der Waals surface area contributed by atoms with Crippen LogP contribution in [0.5, 0.6) is 11.5 Å². The van der Waals surface area contributed by atoms with Gasteiger partial charge in [0.25, 0.3) is 0 Å². The van der Waals surface area contributed by atoms with Crippen LogP contribution < -0.4 is 14.8 Å². The molecule has 1 N–H and O–H groups in total. The molecule has 1 aromatic rings. The molecule has 1 aliphatic rings. The molecule has 0 amide bonds. The van der Waals surface area contributed by atoms with Gasteiger partial charge in [-0.2, -0.15) is 0 Å². The maximum absolute atomic E-state index is 6.31. The van der Waals surface area contributed by atoms with Gasteiger partial charge in [0.2, 0.25) is 0 Å². The third-order valence-corrected chi connectivity index (χ3v) is 4.35. The lowest BCUT2D eigenvalue weighted by molar-refractivity contribution is 0.0424. The van der Waals surface area contributed by atoms with Crippen molar-refractivity contribution in [3.8, 4) is 11.5 Å². The van der Waals surface area contributed by atoms with Crippen molar-refractivity contribution in [3.05, 3.63) is 23.8 Å². The number of fused-ring (bicyclic) bond motifs is 1. The average Bonchev–Trinajstić information content (AvgIpc) is 2.50. The predicted molar refractivity (Wildman–Crippen MR) is 91.8 cm³/mol. The van der Waals surface area contributed by atoms with Gasteiger partial charge >= 0.3 is 0 Å². The summed E-state index contributed by atoms with van der Waals surface area (Å²) in [5, 5.41) is 3.72. The first-order chi connectivity index (χ1) is 10.5. The molecular weight excluding hydrogens is 274 g/mol. The maximum atomic E-state index is 6.31. The van der Waals surface area contributed by atoms with Crippen LogP contribution in [0.15, 0.2) is 18.2 Å². The van der Waals surface area contributed by atoms with E-state index in [9.17, 15) is 0 Å². The van der Waals surface area contributed by atoms with E-state index >= 15 is 0 Å². The minimum absolute atomic E-state index is 0.106.